The SMILES string of the molecule is Cc1nn(CCCNC(=O)c2cccs2)c(C)c1Br. The van der Waals surface area contributed by atoms with Crippen LogP contribution in [0.3, 0.4) is 0 Å². The molecule has 2 aromatic heterocycles. The van der Waals surface area contributed by atoms with Crippen molar-refractivity contribution in [2.45, 2.75) is 26.8 Å². The van der Waals surface area contributed by atoms with Gasteiger partial charge in [-0.2, -0.15) is 5.10 Å². The molecule has 0 saturated carbocycles. The first-order valence-electron chi connectivity index (χ1n) is 6.11. The smallest absolute Gasteiger partial charge is 0.261 e. The van der Waals surface area contributed by atoms with Crippen LogP contribution in [0.1, 0.15) is 27.5 Å². The number of nitrogens with one attached hydrogen (secondary N) is 1. The van der Waals surface area contributed by atoms with Crippen LogP contribution < -0.4 is 5.32 Å². The summed E-state index contributed by atoms with van der Waals surface area (Å²) < 4.78 is 3.03. The number of halogens is 1. The molecule has 0 aliphatic rings. The fourth-order valence-electron chi connectivity index (χ4n) is 1.82. The highest BCUT2D eigenvalue weighted by Gasteiger charge is 2.08. The van der Waals surface area contributed by atoms with Gasteiger partial charge in [-0.05, 0) is 47.6 Å². The maximum Gasteiger partial charge on any atom is 0.261 e. The molecule has 6 heteroatoms. The van der Waals surface area contributed by atoms with Crippen LogP contribution in [0.25, 0.3) is 0 Å². The van der Waals surface area contributed by atoms with E-state index < -0.39 is 0 Å². The highest BCUT2D eigenvalue weighted by Crippen LogP contribution is 2.19. The van der Waals surface area contributed by atoms with E-state index in [9.17, 15) is 4.79 Å². The van der Waals surface area contributed by atoms with Crippen LogP contribution in [-0.2, 0) is 6.54 Å². The molecule has 19 heavy (non-hydrogen) atoms. The molecule has 0 atom stereocenters. The zero-order valence-electron chi connectivity index (χ0n) is 10.9. The van der Waals surface area contributed by atoms with E-state index >= 15 is 0 Å². The van der Waals surface area contributed by atoms with Gasteiger partial charge in [0.2, 0.25) is 0 Å². The number of hydrogen-bond donors (Lipinski definition) is 1. The summed E-state index contributed by atoms with van der Waals surface area (Å²) in [6.45, 7) is 5.48. The Balaban J connectivity index is 1.78. The normalized spacial score (nSPS) is 10.7. The first-order valence-corrected chi connectivity index (χ1v) is 7.78. The van der Waals surface area contributed by atoms with E-state index in [4.69, 9.17) is 0 Å². The number of aromatic nitrogens is 2. The Kier molecular flexibility index (Phi) is 4.76. The summed E-state index contributed by atoms with van der Waals surface area (Å²) in [6, 6.07) is 3.71. The number of rotatable bonds is 5. The molecule has 1 amide bonds. The fraction of sp³-hybridized carbons (Fsp3) is 0.385. The predicted octanol–water partition coefficient (Wildman–Crippen LogP) is 3.14. The van der Waals surface area contributed by atoms with Crippen LogP contribution >= 0.6 is 27.3 Å². The lowest BCUT2D eigenvalue weighted by Crippen LogP contribution is -2.24. The van der Waals surface area contributed by atoms with E-state index in [2.05, 4.69) is 26.3 Å². The van der Waals surface area contributed by atoms with Gasteiger partial charge in [0.25, 0.3) is 5.91 Å². The molecule has 0 aliphatic heterocycles. The van der Waals surface area contributed by atoms with E-state index in [-0.39, 0.29) is 5.91 Å². The predicted molar refractivity (Wildman–Crippen MR) is 80.7 cm³/mol. The van der Waals surface area contributed by atoms with Crippen molar-refractivity contribution >= 4 is 33.2 Å². The summed E-state index contributed by atoms with van der Waals surface area (Å²) in [5.41, 5.74) is 2.13. The average Bonchev–Trinajstić information content (AvgIpc) is 3.00. The quantitative estimate of drug-likeness (QED) is 0.849. The van der Waals surface area contributed by atoms with Crippen LogP contribution in [0.4, 0.5) is 0 Å². The number of hydrogen-bond acceptors (Lipinski definition) is 3. The number of carbonyl (C=O) groups excluding carboxylic acids is 1. The fourth-order valence-corrected chi connectivity index (χ4v) is 2.74. The van der Waals surface area contributed by atoms with Crippen LogP contribution in [-0.4, -0.2) is 22.2 Å². The molecular formula is C13H16BrN3OS. The minimum atomic E-state index is 0.00421. The molecule has 0 spiro atoms. The maximum atomic E-state index is 11.7. The van der Waals surface area contributed by atoms with Crippen molar-refractivity contribution in [2.24, 2.45) is 0 Å². The third kappa shape index (κ3) is 3.45. The summed E-state index contributed by atoms with van der Waals surface area (Å²) >= 11 is 4.96. The van der Waals surface area contributed by atoms with Crippen molar-refractivity contribution in [3.63, 3.8) is 0 Å². The van der Waals surface area contributed by atoms with Gasteiger partial charge >= 0.3 is 0 Å². The third-order valence-electron chi connectivity index (χ3n) is 2.87. The summed E-state index contributed by atoms with van der Waals surface area (Å²) in [6.07, 6.45) is 0.867. The molecule has 4 nitrogen and oxygen atoms in total. The van der Waals surface area contributed by atoms with E-state index in [1.54, 1.807) is 0 Å². The Morgan fingerprint density at radius 2 is 2.32 bits per heavy atom. The Hall–Kier alpha value is -1.14. The number of aryl methyl sites for hydroxylation is 2. The van der Waals surface area contributed by atoms with Crippen molar-refractivity contribution in [3.05, 3.63) is 38.3 Å². The summed E-state index contributed by atoms with van der Waals surface area (Å²) in [7, 11) is 0. The lowest BCUT2D eigenvalue weighted by atomic mass is 10.3. The standard InChI is InChI=1S/C13H16BrN3OS/c1-9-12(14)10(2)17(16-9)7-4-6-15-13(18)11-5-3-8-19-11/h3,5,8H,4,6-7H2,1-2H3,(H,15,18). The number of nitrogens with zero attached hydrogens (tertiary/aromatic N) is 2. The van der Waals surface area contributed by atoms with Crippen molar-refractivity contribution < 1.29 is 4.79 Å². The third-order valence-corrected chi connectivity index (χ3v) is 4.89. The first-order chi connectivity index (χ1) is 9.09. The number of thiophene rings is 1. The van der Waals surface area contributed by atoms with Crippen LogP contribution in [0, 0.1) is 13.8 Å². The second kappa shape index (κ2) is 6.34. The van der Waals surface area contributed by atoms with Crippen LogP contribution in [0.5, 0.6) is 0 Å². The van der Waals surface area contributed by atoms with Gasteiger partial charge in [0.15, 0.2) is 0 Å². The molecule has 2 rings (SSSR count). The van der Waals surface area contributed by atoms with Gasteiger partial charge in [-0.15, -0.1) is 11.3 Å². The molecule has 1 N–H and O–H groups in total. The molecular weight excluding hydrogens is 326 g/mol. The molecule has 2 heterocycles. The molecule has 0 unspecified atom stereocenters. The highest BCUT2D eigenvalue weighted by molar-refractivity contribution is 9.10. The monoisotopic (exact) mass is 341 g/mol. The van der Waals surface area contributed by atoms with Crippen molar-refractivity contribution in [1.29, 1.82) is 0 Å². The van der Waals surface area contributed by atoms with Crippen LogP contribution in [0.2, 0.25) is 0 Å². The largest absolute Gasteiger partial charge is 0.351 e. The maximum absolute atomic E-state index is 11.7. The minimum absolute atomic E-state index is 0.00421. The minimum Gasteiger partial charge on any atom is -0.351 e. The zero-order valence-corrected chi connectivity index (χ0v) is 13.3. The van der Waals surface area contributed by atoms with Crippen molar-refractivity contribution in [1.82, 2.24) is 15.1 Å². The number of amides is 1. The van der Waals surface area contributed by atoms with Gasteiger partial charge < -0.3 is 5.32 Å². The first kappa shape index (κ1) is 14.3. The van der Waals surface area contributed by atoms with Crippen molar-refractivity contribution in [3.8, 4) is 0 Å². The number of carbonyl (C=O) groups is 1. The van der Waals surface area contributed by atoms with E-state index in [0.29, 0.717) is 6.54 Å². The molecule has 0 aliphatic carbocycles. The van der Waals surface area contributed by atoms with Gasteiger partial charge in [-0.1, -0.05) is 6.07 Å². The molecule has 0 radical (unpaired) electrons. The van der Waals surface area contributed by atoms with E-state index in [0.717, 1.165) is 33.7 Å². The Morgan fingerprint density at radius 1 is 1.53 bits per heavy atom. The molecule has 102 valence electrons. The molecule has 2 aromatic rings. The summed E-state index contributed by atoms with van der Waals surface area (Å²) in [5, 5.41) is 9.26. The van der Waals surface area contributed by atoms with E-state index in [1.165, 1.54) is 11.3 Å². The van der Waals surface area contributed by atoms with E-state index in [1.807, 2.05) is 36.0 Å². The Bertz CT molecular complexity index is 563. The second-order valence-corrected chi connectivity index (χ2v) is 6.04. The molecule has 0 fully saturated rings. The molecule has 0 saturated heterocycles. The van der Waals surface area contributed by atoms with Crippen molar-refractivity contribution in [2.75, 3.05) is 6.54 Å². The molecule has 0 aromatic carbocycles. The lowest BCUT2D eigenvalue weighted by Gasteiger charge is -2.05. The van der Waals surface area contributed by atoms with Gasteiger partial charge in [0, 0.05) is 18.8 Å². The Morgan fingerprint density at radius 3 is 2.89 bits per heavy atom. The topological polar surface area (TPSA) is 46.9 Å². The second-order valence-electron chi connectivity index (χ2n) is 4.29. The van der Waals surface area contributed by atoms with Gasteiger partial charge in [-0.25, -0.2) is 0 Å². The molecule has 0 bridgehead atoms. The summed E-state index contributed by atoms with van der Waals surface area (Å²) in [5.74, 6) is 0.00421. The summed E-state index contributed by atoms with van der Waals surface area (Å²) in [4.78, 5) is 12.5. The highest BCUT2D eigenvalue weighted by atomic mass is 79.9. The van der Waals surface area contributed by atoms with Gasteiger partial charge in [0.05, 0.1) is 15.0 Å². The van der Waals surface area contributed by atoms with Gasteiger partial charge in [0.1, 0.15) is 0 Å². The lowest BCUT2D eigenvalue weighted by molar-refractivity contribution is 0.0956. The Labute approximate surface area is 125 Å². The van der Waals surface area contributed by atoms with Crippen LogP contribution in [0.15, 0.2) is 22.0 Å². The zero-order chi connectivity index (χ0) is 13.8. The van der Waals surface area contributed by atoms with Gasteiger partial charge in [-0.3, -0.25) is 9.48 Å². The average molecular weight is 342 g/mol.